The molecular weight excluding hydrogens is 262 g/mol. The van der Waals surface area contributed by atoms with Gasteiger partial charge >= 0.3 is 0 Å². The first-order valence-corrected chi connectivity index (χ1v) is 8.23. The molecule has 112 valence electrons. The normalized spacial score (nSPS) is 31.1. The van der Waals surface area contributed by atoms with Gasteiger partial charge in [-0.05, 0) is 49.1 Å². The van der Waals surface area contributed by atoms with Crippen LogP contribution in [-0.2, 0) is 21.4 Å². The first-order valence-electron chi connectivity index (χ1n) is 8.23. The summed E-state index contributed by atoms with van der Waals surface area (Å²) in [7, 11) is 0. The van der Waals surface area contributed by atoms with Gasteiger partial charge in [0.2, 0.25) is 5.91 Å². The number of benzene rings is 1. The van der Waals surface area contributed by atoms with E-state index in [0.717, 1.165) is 32.6 Å². The summed E-state index contributed by atoms with van der Waals surface area (Å²) in [6, 6.07) is 8.85. The Balaban J connectivity index is 1.35. The second kappa shape index (κ2) is 5.13. The van der Waals surface area contributed by atoms with E-state index >= 15 is 0 Å². The average Bonchev–Trinajstić information content (AvgIpc) is 3.13. The number of nitrogens with one attached hydrogen (secondary N) is 1. The lowest BCUT2D eigenvalue weighted by atomic mass is 9.95. The van der Waals surface area contributed by atoms with Crippen LogP contribution in [0.25, 0.3) is 0 Å². The molecule has 0 bridgehead atoms. The Labute approximate surface area is 126 Å². The van der Waals surface area contributed by atoms with E-state index in [1.807, 2.05) is 0 Å². The van der Waals surface area contributed by atoms with Crippen LogP contribution in [0.4, 0.5) is 0 Å². The molecule has 21 heavy (non-hydrogen) atoms. The van der Waals surface area contributed by atoms with Gasteiger partial charge in [0.25, 0.3) is 0 Å². The minimum Gasteiger partial charge on any atom is -0.381 e. The lowest BCUT2D eigenvalue weighted by Gasteiger charge is -2.21. The maximum atomic E-state index is 12.2. The van der Waals surface area contributed by atoms with Crippen molar-refractivity contribution in [3.05, 3.63) is 35.4 Å². The molecule has 3 aliphatic rings. The van der Waals surface area contributed by atoms with Crippen molar-refractivity contribution < 1.29 is 9.53 Å². The standard InChI is InChI=1S/C18H23NO2/c20-17(14-6-9-21-10-7-14)19-12-15-11-18(15)8-5-13-3-1-2-4-16(13)18/h1-4,14-15H,5-12H2,(H,19,20)/t15-,18-/m0/s1. The van der Waals surface area contributed by atoms with E-state index in [-0.39, 0.29) is 11.8 Å². The highest BCUT2D eigenvalue weighted by Gasteiger charge is 2.57. The lowest BCUT2D eigenvalue weighted by Crippen LogP contribution is -2.36. The van der Waals surface area contributed by atoms with Crippen molar-refractivity contribution in [2.75, 3.05) is 19.8 Å². The molecule has 1 spiro atoms. The number of ether oxygens (including phenoxy) is 1. The number of rotatable bonds is 3. The fourth-order valence-corrected chi connectivity index (χ4v) is 4.33. The number of hydrogen-bond acceptors (Lipinski definition) is 2. The number of hydrogen-bond donors (Lipinski definition) is 1. The summed E-state index contributed by atoms with van der Waals surface area (Å²) in [5.74, 6) is 1.06. The molecule has 1 heterocycles. The zero-order valence-corrected chi connectivity index (χ0v) is 12.4. The van der Waals surface area contributed by atoms with Crippen LogP contribution in [0.5, 0.6) is 0 Å². The van der Waals surface area contributed by atoms with E-state index in [1.54, 1.807) is 5.56 Å². The molecule has 3 heteroatoms. The smallest absolute Gasteiger partial charge is 0.223 e. The van der Waals surface area contributed by atoms with Gasteiger partial charge < -0.3 is 10.1 Å². The van der Waals surface area contributed by atoms with Crippen LogP contribution in [0.1, 0.15) is 36.8 Å². The molecule has 2 aliphatic carbocycles. The Bertz CT molecular complexity index is 550. The molecule has 4 rings (SSSR count). The van der Waals surface area contributed by atoms with Crippen LogP contribution in [-0.4, -0.2) is 25.7 Å². The van der Waals surface area contributed by atoms with Crippen molar-refractivity contribution >= 4 is 5.91 Å². The van der Waals surface area contributed by atoms with Crippen molar-refractivity contribution in [3.63, 3.8) is 0 Å². The maximum absolute atomic E-state index is 12.2. The summed E-state index contributed by atoms with van der Waals surface area (Å²) in [5, 5.41) is 3.20. The third-order valence-electron chi connectivity index (χ3n) is 5.74. The third kappa shape index (κ3) is 2.28. The number of aryl methyl sites for hydroxylation is 1. The molecular formula is C18H23NO2. The van der Waals surface area contributed by atoms with Gasteiger partial charge in [-0.1, -0.05) is 24.3 Å². The van der Waals surface area contributed by atoms with Gasteiger partial charge in [-0.25, -0.2) is 0 Å². The first kappa shape index (κ1) is 13.3. The highest BCUT2D eigenvalue weighted by atomic mass is 16.5. The largest absolute Gasteiger partial charge is 0.381 e. The summed E-state index contributed by atoms with van der Waals surface area (Å²) < 4.78 is 5.32. The van der Waals surface area contributed by atoms with Gasteiger partial charge in [-0.15, -0.1) is 0 Å². The Kier molecular flexibility index (Phi) is 3.26. The number of amides is 1. The quantitative estimate of drug-likeness (QED) is 0.926. The van der Waals surface area contributed by atoms with Crippen molar-refractivity contribution in [1.29, 1.82) is 0 Å². The van der Waals surface area contributed by atoms with Crippen LogP contribution in [0.15, 0.2) is 24.3 Å². The molecule has 1 saturated heterocycles. The van der Waals surface area contributed by atoms with E-state index in [2.05, 4.69) is 29.6 Å². The molecule has 1 aromatic rings. The molecule has 0 aromatic heterocycles. The predicted octanol–water partition coefficient (Wildman–Crippen LogP) is 2.43. The number of carbonyl (C=O) groups excluding carboxylic acids is 1. The highest BCUT2D eigenvalue weighted by molar-refractivity contribution is 5.78. The Morgan fingerprint density at radius 3 is 2.95 bits per heavy atom. The van der Waals surface area contributed by atoms with E-state index < -0.39 is 0 Å². The van der Waals surface area contributed by atoms with E-state index in [1.165, 1.54) is 24.8 Å². The molecule has 3 nitrogen and oxygen atoms in total. The number of fused-ring (bicyclic) bond motifs is 2. The molecule has 1 amide bonds. The van der Waals surface area contributed by atoms with Gasteiger partial charge in [0.15, 0.2) is 0 Å². The van der Waals surface area contributed by atoms with Crippen molar-refractivity contribution in [3.8, 4) is 0 Å². The Hall–Kier alpha value is -1.35. The van der Waals surface area contributed by atoms with Crippen molar-refractivity contribution in [2.45, 2.75) is 37.5 Å². The molecule has 0 unspecified atom stereocenters. The van der Waals surface area contributed by atoms with Gasteiger partial charge in [-0.3, -0.25) is 4.79 Å². The van der Waals surface area contributed by atoms with Gasteiger partial charge in [-0.2, -0.15) is 0 Å². The van der Waals surface area contributed by atoms with Gasteiger partial charge in [0.05, 0.1) is 0 Å². The zero-order valence-electron chi connectivity index (χ0n) is 12.4. The summed E-state index contributed by atoms with van der Waals surface area (Å²) >= 11 is 0. The van der Waals surface area contributed by atoms with Crippen LogP contribution < -0.4 is 5.32 Å². The number of carbonyl (C=O) groups is 1. The molecule has 1 saturated carbocycles. The van der Waals surface area contributed by atoms with Crippen LogP contribution in [0.2, 0.25) is 0 Å². The van der Waals surface area contributed by atoms with Crippen LogP contribution in [0.3, 0.4) is 0 Å². The predicted molar refractivity (Wildman–Crippen MR) is 81.1 cm³/mol. The first-order chi connectivity index (χ1) is 10.3. The van der Waals surface area contributed by atoms with Gasteiger partial charge in [0, 0.05) is 31.1 Å². The molecule has 1 aromatic carbocycles. The maximum Gasteiger partial charge on any atom is 0.223 e. The van der Waals surface area contributed by atoms with Crippen LogP contribution in [0, 0.1) is 11.8 Å². The highest BCUT2D eigenvalue weighted by Crippen LogP contribution is 2.61. The average molecular weight is 285 g/mol. The molecule has 0 radical (unpaired) electrons. The van der Waals surface area contributed by atoms with Crippen molar-refractivity contribution in [1.82, 2.24) is 5.32 Å². The summed E-state index contributed by atoms with van der Waals surface area (Å²) in [4.78, 5) is 12.2. The molecule has 2 fully saturated rings. The topological polar surface area (TPSA) is 38.3 Å². The monoisotopic (exact) mass is 285 g/mol. The second-order valence-corrected chi connectivity index (χ2v) is 6.85. The summed E-state index contributed by atoms with van der Waals surface area (Å²) in [6.07, 6.45) is 5.48. The zero-order chi connectivity index (χ0) is 14.3. The Morgan fingerprint density at radius 2 is 2.10 bits per heavy atom. The minimum atomic E-state index is 0.171. The fraction of sp³-hybridized carbons (Fsp3) is 0.611. The molecule has 2 atom stereocenters. The fourth-order valence-electron chi connectivity index (χ4n) is 4.33. The SMILES string of the molecule is O=C(NC[C@@H]1C[C@@]12CCc1ccccc12)C1CCOCC1. The summed E-state index contributed by atoms with van der Waals surface area (Å²) in [6.45, 7) is 2.32. The molecule has 1 aliphatic heterocycles. The van der Waals surface area contributed by atoms with E-state index in [4.69, 9.17) is 4.74 Å². The minimum absolute atomic E-state index is 0.171. The summed E-state index contributed by atoms with van der Waals surface area (Å²) in [5.41, 5.74) is 3.46. The van der Waals surface area contributed by atoms with Gasteiger partial charge in [0.1, 0.15) is 0 Å². The van der Waals surface area contributed by atoms with E-state index in [0.29, 0.717) is 11.3 Å². The van der Waals surface area contributed by atoms with E-state index in [9.17, 15) is 4.79 Å². The van der Waals surface area contributed by atoms with Crippen LogP contribution >= 0.6 is 0 Å². The lowest BCUT2D eigenvalue weighted by molar-refractivity contribution is -0.127. The third-order valence-corrected chi connectivity index (χ3v) is 5.74. The second-order valence-electron chi connectivity index (χ2n) is 6.85. The van der Waals surface area contributed by atoms with Crippen molar-refractivity contribution in [2.24, 2.45) is 11.8 Å². The Morgan fingerprint density at radius 1 is 1.29 bits per heavy atom. The molecule has 1 N–H and O–H groups in total.